The second-order valence-corrected chi connectivity index (χ2v) is 8.19. The highest BCUT2D eigenvalue weighted by molar-refractivity contribution is 5.91. The van der Waals surface area contributed by atoms with Crippen molar-refractivity contribution >= 4 is 29.0 Å². The minimum absolute atomic E-state index is 0. The number of anilines is 1. The predicted molar refractivity (Wildman–Crippen MR) is 116 cm³/mol. The summed E-state index contributed by atoms with van der Waals surface area (Å²) < 4.78 is 5.40. The lowest BCUT2D eigenvalue weighted by atomic mass is 9.99. The zero-order valence-corrected chi connectivity index (χ0v) is 18.2. The molecule has 152 valence electrons. The number of ether oxygens (including phenoxy) is 1. The van der Waals surface area contributed by atoms with Crippen LogP contribution in [0.1, 0.15) is 41.0 Å². The summed E-state index contributed by atoms with van der Waals surface area (Å²) in [4.78, 5) is 6.81. The van der Waals surface area contributed by atoms with Crippen molar-refractivity contribution < 1.29 is 9.84 Å². The van der Waals surface area contributed by atoms with Gasteiger partial charge in [0.2, 0.25) is 0 Å². The van der Waals surface area contributed by atoms with Gasteiger partial charge in [-0.15, -0.1) is 12.4 Å². The van der Waals surface area contributed by atoms with E-state index in [1.54, 1.807) is 13.3 Å². The highest BCUT2D eigenvalue weighted by atomic mass is 35.5. The van der Waals surface area contributed by atoms with Crippen molar-refractivity contribution in [1.29, 1.82) is 0 Å². The van der Waals surface area contributed by atoms with Gasteiger partial charge in [0, 0.05) is 36.3 Å². The first kappa shape index (κ1) is 23.5. The van der Waals surface area contributed by atoms with E-state index in [9.17, 15) is 5.11 Å². The third-order valence-corrected chi connectivity index (χ3v) is 4.55. The molecule has 1 aromatic heterocycles. The van der Waals surface area contributed by atoms with Crippen LogP contribution in [0.2, 0.25) is 0 Å². The Balaban J connectivity index is 0.00000364. The molecular weight excluding hydrogens is 362 g/mol. The lowest BCUT2D eigenvalue weighted by molar-refractivity contribution is -0.000496. The number of benzene rings is 1. The topological polar surface area (TPSA) is 57.6 Å². The van der Waals surface area contributed by atoms with Crippen molar-refractivity contribution in [1.82, 2.24) is 9.88 Å². The van der Waals surface area contributed by atoms with E-state index < -0.39 is 5.60 Å². The molecule has 1 unspecified atom stereocenters. The Hall–Kier alpha value is -1.56. The standard InChI is InChI=1S/C21H33N3O2.ClH/c1-7-11-24(20(2,3)4)15-21(5,25)14-23-18-13-17(26-6)12-16-9-8-10-22-19(16)18;/h8-10,12-13,23,25H,7,11,14-15H2,1-6H3;1H. The molecule has 2 rings (SSSR count). The van der Waals surface area contributed by atoms with Gasteiger partial charge in [0.1, 0.15) is 5.75 Å². The van der Waals surface area contributed by atoms with Crippen LogP contribution in [-0.4, -0.2) is 52.9 Å². The van der Waals surface area contributed by atoms with E-state index in [0.717, 1.165) is 35.3 Å². The van der Waals surface area contributed by atoms with Crippen LogP contribution in [0, 0.1) is 0 Å². The van der Waals surface area contributed by atoms with E-state index in [0.29, 0.717) is 13.1 Å². The van der Waals surface area contributed by atoms with Gasteiger partial charge in [-0.2, -0.15) is 0 Å². The van der Waals surface area contributed by atoms with Crippen LogP contribution in [0.3, 0.4) is 0 Å². The number of hydrogen-bond donors (Lipinski definition) is 2. The number of aliphatic hydroxyl groups is 1. The van der Waals surface area contributed by atoms with Gasteiger partial charge in [0.25, 0.3) is 0 Å². The summed E-state index contributed by atoms with van der Waals surface area (Å²) in [5.74, 6) is 0.773. The molecule has 0 amide bonds. The second kappa shape index (κ2) is 9.58. The zero-order chi connectivity index (χ0) is 19.4. The van der Waals surface area contributed by atoms with Crippen LogP contribution in [0.4, 0.5) is 5.69 Å². The van der Waals surface area contributed by atoms with Crippen LogP contribution < -0.4 is 10.1 Å². The highest BCUT2D eigenvalue weighted by Gasteiger charge is 2.29. The summed E-state index contributed by atoms with van der Waals surface area (Å²) >= 11 is 0. The molecule has 1 atom stereocenters. The van der Waals surface area contributed by atoms with Gasteiger partial charge in [-0.1, -0.05) is 13.0 Å². The number of halogens is 1. The average molecular weight is 396 g/mol. The first-order valence-electron chi connectivity index (χ1n) is 9.30. The average Bonchev–Trinajstić information content (AvgIpc) is 2.58. The van der Waals surface area contributed by atoms with Crippen molar-refractivity contribution in [3.05, 3.63) is 30.5 Å². The second-order valence-electron chi connectivity index (χ2n) is 8.19. The number of fused-ring (bicyclic) bond motifs is 1. The van der Waals surface area contributed by atoms with E-state index in [4.69, 9.17) is 4.74 Å². The molecule has 1 aromatic carbocycles. The maximum absolute atomic E-state index is 11.0. The van der Waals surface area contributed by atoms with Crippen LogP contribution in [-0.2, 0) is 0 Å². The van der Waals surface area contributed by atoms with E-state index in [1.807, 2.05) is 31.2 Å². The van der Waals surface area contributed by atoms with E-state index in [2.05, 4.69) is 42.9 Å². The van der Waals surface area contributed by atoms with Crippen LogP contribution >= 0.6 is 12.4 Å². The van der Waals surface area contributed by atoms with Crippen LogP contribution in [0.25, 0.3) is 10.9 Å². The van der Waals surface area contributed by atoms with Crippen LogP contribution in [0.5, 0.6) is 5.75 Å². The molecule has 27 heavy (non-hydrogen) atoms. The van der Waals surface area contributed by atoms with Crippen molar-refractivity contribution in [3.8, 4) is 5.75 Å². The van der Waals surface area contributed by atoms with Gasteiger partial charge in [0.05, 0.1) is 23.9 Å². The molecule has 0 fully saturated rings. The van der Waals surface area contributed by atoms with Crippen molar-refractivity contribution in [2.45, 2.75) is 52.2 Å². The van der Waals surface area contributed by atoms with Crippen LogP contribution in [0.15, 0.2) is 30.5 Å². The fourth-order valence-electron chi connectivity index (χ4n) is 3.09. The van der Waals surface area contributed by atoms with Gasteiger partial charge in [-0.25, -0.2) is 0 Å². The summed E-state index contributed by atoms with van der Waals surface area (Å²) in [7, 11) is 1.66. The number of methoxy groups -OCH3 is 1. The number of nitrogens with zero attached hydrogens (tertiary/aromatic N) is 2. The van der Waals surface area contributed by atoms with E-state index in [-0.39, 0.29) is 17.9 Å². The van der Waals surface area contributed by atoms with Crippen molar-refractivity contribution in [2.24, 2.45) is 0 Å². The van der Waals surface area contributed by atoms with E-state index >= 15 is 0 Å². The molecule has 2 N–H and O–H groups in total. The number of β-amino-alcohol motifs (C(OH)–C–C–N with tert-alkyl or cyclic N) is 1. The molecule has 0 aliphatic heterocycles. The van der Waals surface area contributed by atoms with Crippen molar-refractivity contribution in [2.75, 3.05) is 32.1 Å². The summed E-state index contributed by atoms with van der Waals surface area (Å²) in [6.45, 7) is 12.6. The molecule has 0 radical (unpaired) electrons. The smallest absolute Gasteiger partial charge is 0.121 e. The molecule has 0 aliphatic carbocycles. The highest BCUT2D eigenvalue weighted by Crippen LogP contribution is 2.28. The molecular formula is C21H34ClN3O2. The number of rotatable bonds is 8. The Bertz CT molecular complexity index is 729. The Morgan fingerprint density at radius 1 is 1.22 bits per heavy atom. The zero-order valence-electron chi connectivity index (χ0n) is 17.4. The molecule has 1 heterocycles. The molecule has 5 nitrogen and oxygen atoms in total. The minimum atomic E-state index is -0.868. The van der Waals surface area contributed by atoms with Crippen molar-refractivity contribution in [3.63, 3.8) is 0 Å². The Morgan fingerprint density at radius 2 is 1.93 bits per heavy atom. The molecule has 2 aromatic rings. The fraction of sp³-hybridized carbons (Fsp3) is 0.571. The Morgan fingerprint density at radius 3 is 2.52 bits per heavy atom. The first-order chi connectivity index (χ1) is 12.2. The van der Waals surface area contributed by atoms with Gasteiger partial charge < -0.3 is 15.2 Å². The monoisotopic (exact) mass is 395 g/mol. The number of nitrogens with one attached hydrogen (secondary N) is 1. The lowest BCUT2D eigenvalue weighted by Crippen LogP contribution is -2.52. The maximum Gasteiger partial charge on any atom is 0.121 e. The van der Waals surface area contributed by atoms with Gasteiger partial charge >= 0.3 is 0 Å². The summed E-state index contributed by atoms with van der Waals surface area (Å²) in [5.41, 5.74) is 0.903. The third kappa shape index (κ3) is 6.52. The predicted octanol–water partition coefficient (Wildman–Crippen LogP) is 4.34. The fourth-order valence-corrected chi connectivity index (χ4v) is 3.09. The molecule has 0 saturated heterocycles. The molecule has 6 heteroatoms. The largest absolute Gasteiger partial charge is 0.497 e. The normalized spacial score (nSPS) is 13.9. The lowest BCUT2D eigenvalue weighted by Gasteiger charge is -2.40. The number of hydrogen-bond acceptors (Lipinski definition) is 5. The van der Waals surface area contributed by atoms with Gasteiger partial charge in [-0.05, 0) is 52.8 Å². The SMILES string of the molecule is CCCN(CC(C)(O)CNc1cc(OC)cc2cccnc12)C(C)(C)C.Cl. The maximum atomic E-state index is 11.0. The third-order valence-electron chi connectivity index (χ3n) is 4.55. The summed E-state index contributed by atoms with van der Waals surface area (Å²) in [6.07, 6.45) is 2.84. The summed E-state index contributed by atoms with van der Waals surface area (Å²) in [6, 6.07) is 7.82. The molecule has 0 saturated carbocycles. The van der Waals surface area contributed by atoms with Gasteiger partial charge in [-0.3, -0.25) is 9.88 Å². The number of aromatic nitrogens is 1. The van der Waals surface area contributed by atoms with E-state index in [1.165, 1.54) is 0 Å². The first-order valence-corrected chi connectivity index (χ1v) is 9.30. The quantitative estimate of drug-likeness (QED) is 0.696. The molecule has 0 aliphatic rings. The summed E-state index contributed by atoms with van der Waals surface area (Å²) in [5, 5.41) is 15.4. The Kier molecular flexibility index (Phi) is 8.33. The molecule has 0 bridgehead atoms. The number of pyridine rings is 1. The van der Waals surface area contributed by atoms with Gasteiger partial charge in [0.15, 0.2) is 0 Å². The Labute approximate surface area is 169 Å². The minimum Gasteiger partial charge on any atom is -0.497 e. The molecule has 0 spiro atoms.